The van der Waals surface area contributed by atoms with Crippen LogP contribution < -0.4 is 9.64 Å². The van der Waals surface area contributed by atoms with Crippen molar-refractivity contribution in [1.82, 2.24) is 0 Å². The Labute approximate surface area is 172 Å². The molecule has 0 bridgehead atoms. The lowest BCUT2D eigenvalue weighted by Crippen LogP contribution is -2.34. The van der Waals surface area contributed by atoms with Gasteiger partial charge in [0.15, 0.2) is 11.5 Å². The van der Waals surface area contributed by atoms with Crippen molar-refractivity contribution in [1.29, 1.82) is 0 Å². The minimum Gasteiger partial charge on any atom is -0.438 e. The fraction of sp³-hybridized carbons (Fsp3) is 0.192. The zero-order valence-corrected chi connectivity index (χ0v) is 17.1. The standard InChI is InChI=1S/C26H25N2O/c1-26(18-19-11-5-4-6-12-19)20-13-7-8-14-21(20)27(2)24(26)17-25-28(3)22-15-9-10-16-23(22)29-25/h4-17H,18H2,1-3H3/q+1. The van der Waals surface area contributed by atoms with Crippen LogP contribution in [0.25, 0.3) is 0 Å². The van der Waals surface area contributed by atoms with Crippen LogP contribution in [0.4, 0.5) is 11.4 Å². The van der Waals surface area contributed by atoms with Gasteiger partial charge in [0.25, 0.3) is 0 Å². The van der Waals surface area contributed by atoms with Crippen LogP contribution in [0.2, 0.25) is 0 Å². The molecule has 0 saturated carbocycles. The maximum Gasteiger partial charge on any atom is 0.209 e. The second-order valence-corrected chi connectivity index (χ2v) is 8.07. The molecule has 0 aliphatic carbocycles. The monoisotopic (exact) mass is 381 g/mol. The van der Waals surface area contributed by atoms with Gasteiger partial charge in [-0.3, -0.25) is 0 Å². The topological polar surface area (TPSA) is 15.5 Å². The lowest BCUT2D eigenvalue weighted by atomic mass is 9.74. The Morgan fingerprint density at radius 1 is 0.931 bits per heavy atom. The van der Waals surface area contributed by atoms with Crippen LogP contribution in [0, 0.1) is 0 Å². The van der Waals surface area contributed by atoms with Crippen molar-refractivity contribution in [3.05, 3.63) is 102 Å². The molecule has 2 aliphatic rings. The van der Waals surface area contributed by atoms with Crippen molar-refractivity contribution in [3.63, 3.8) is 0 Å². The second-order valence-electron chi connectivity index (χ2n) is 8.07. The summed E-state index contributed by atoms with van der Waals surface area (Å²) in [4.78, 5) is 2.13. The Balaban J connectivity index is 1.62. The van der Waals surface area contributed by atoms with Crippen molar-refractivity contribution >= 4 is 17.1 Å². The molecule has 29 heavy (non-hydrogen) atoms. The molecule has 144 valence electrons. The molecule has 1 atom stereocenters. The van der Waals surface area contributed by atoms with Gasteiger partial charge < -0.3 is 9.64 Å². The van der Waals surface area contributed by atoms with E-state index >= 15 is 0 Å². The van der Waals surface area contributed by atoms with Crippen molar-refractivity contribution in [2.75, 3.05) is 19.0 Å². The van der Waals surface area contributed by atoms with Gasteiger partial charge in [0.1, 0.15) is 7.05 Å². The lowest BCUT2D eigenvalue weighted by Gasteiger charge is -2.23. The Morgan fingerprint density at radius 3 is 2.41 bits per heavy atom. The van der Waals surface area contributed by atoms with E-state index in [0.717, 1.165) is 23.7 Å². The highest BCUT2D eigenvalue weighted by Gasteiger charge is 2.47. The van der Waals surface area contributed by atoms with Crippen molar-refractivity contribution in [3.8, 4) is 5.75 Å². The maximum absolute atomic E-state index is 6.21. The fourth-order valence-electron chi connectivity index (χ4n) is 4.68. The summed E-state index contributed by atoms with van der Waals surface area (Å²) in [7, 11) is 4.22. The highest BCUT2D eigenvalue weighted by atomic mass is 16.5. The molecular weight excluding hydrogens is 356 g/mol. The highest BCUT2D eigenvalue weighted by molar-refractivity contribution is 6.04. The van der Waals surface area contributed by atoms with E-state index in [4.69, 9.17) is 4.74 Å². The van der Waals surface area contributed by atoms with Gasteiger partial charge in [0, 0.05) is 18.7 Å². The van der Waals surface area contributed by atoms with E-state index in [2.05, 4.69) is 97.2 Å². The van der Waals surface area contributed by atoms with E-state index in [1.807, 2.05) is 18.2 Å². The molecule has 0 fully saturated rings. The first kappa shape index (κ1) is 17.7. The average Bonchev–Trinajstić information content (AvgIpc) is 3.17. The van der Waals surface area contributed by atoms with E-state index in [-0.39, 0.29) is 5.41 Å². The number of hydrogen-bond acceptors (Lipinski definition) is 2. The quantitative estimate of drug-likeness (QED) is 0.573. The van der Waals surface area contributed by atoms with Gasteiger partial charge in [-0.25, -0.2) is 0 Å². The van der Waals surface area contributed by atoms with Gasteiger partial charge in [-0.2, -0.15) is 4.58 Å². The van der Waals surface area contributed by atoms with Crippen LogP contribution in [-0.2, 0) is 11.8 Å². The Bertz CT molecular complexity index is 1150. The van der Waals surface area contributed by atoms with E-state index in [0.29, 0.717) is 0 Å². The summed E-state index contributed by atoms with van der Waals surface area (Å²) in [5.41, 5.74) is 6.16. The number of hydrogen-bond donors (Lipinski definition) is 0. The smallest absolute Gasteiger partial charge is 0.209 e. The molecule has 3 aromatic carbocycles. The number of allylic oxidation sites excluding steroid dienone is 1. The molecule has 1 unspecified atom stereocenters. The molecule has 0 saturated heterocycles. The van der Waals surface area contributed by atoms with Gasteiger partial charge in [-0.15, -0.1) is 0 Å². The third-order valence-electron chi connectivity index (χ3n) is 6.22. The van der Waals surface area contributed by atoms with E-state index in [1.165, 1.54) is 22.5 Å². The van der Waals surface area contributed by atoms with Crippen molar-refractivity contribution < 1.29 is 9.31 Å². The molecule has 3 nitrogen and oxygen atoms in total. The predicted molar refractivity (Wildman–Crippen MR) is 118 cm³/mol. The molecule has 2 heterocycles. The third-order valence-corrected chi connectivity index (χ3v) is 6.22. The molecule has 0 amide bonds. The molecule has 5 rings (SSSR count). The molecule has 3 aromatic rings. The molecule has 0 aromatic heterocycles. The zero-order chi connectivity index (χ0) is 20.0. The average molecular weight is 381 g/mol. The lowest BCUT2D eigenvalue weighted by molar-refractivity contribution is -0.401. The largest absolute Gasteiger partial charge is 0.438 e. The highest BCUT2D eigenvalue weighted by Crippen LogP contribution is 2.43. The van der Waals surface area contributed by atoms with Crippen molar-refractivity contribution in [2.24, 2.45) is 0 Å². The van der Waals surface area contributed by atoms with Gasteiger partial charge in [-0.1, -0.05) is 60.7 Å². The van der Waals surface area contributed by atoms with E-state index < -0.39 is 0 Å². The minimum atomic E-state index is -0.140. The number of para-hydroxylation sites is 3. The maximum atomic E-state index is 6.21. The number of ether oxygens (including phenoxy) is 1. The molecule has 0 N–H and O–H groups in total. The van der Waals surface area contributed by atoms with Gasteiger partial charge in [0.2, 0.25) is 11.6 Å². The predicted octanol–water partition coefficient (Wildman–Crippen LogP) is 5.29. The summed E-state index contributed by atoms with van der Waals surface area (Å²) in [6.07, 6.45) is 3.15. The summed E-state index contributed by atoms with van der Waals surface area (Å²) in [5, 5.41) is 0. The third kappa shape index (κ3) is 2.77. The SMILES string of the molecule is CN1/C(=C/C2=[N+](C)c3ccccc3C2(C)Cc2ccccc2)Oc2ccccc21. The van der Waals surface area contributed by atoms with Crippen LogP contribution >= 0.6 is 0 Å². The van der Waals surface area contributed by atoms with Crippen LogP contribution in [-0.4, -0.2) is 24.4 Å². The fourth-order valence-corrected chi connectivity index (χ4v) is 4.68. The Kier molecular flexibility index (Phi) is 4.06. The first-order chi connectivity index (χ1) is 14.1. The number of benzene rings is 3. The first-order valence-electron chi connectivity index (χ1n) is 10.0. The Hall–Kier alpha value is -3.33. The van der Waals surface area contributed by atoms with Gasteiger partial charge in [-0.05, 0) is 31.0 Å². The first-order valence-corrected chi connectivity index (χ1v) is 10.0. The number of fused-ring (bicyclic) bond motifs is 2. The normalized spacial score (nSPS) is 21.3. The van der Waals surface area contributed by atoms with Crippen molar-refractivity contribution in [2.45, 2.75) is 18.8 Å². The summed E-state index contributed by atoms with van der Waals surface area (Å²) >= 11 is 0. The minimum absolute atomic E-state index is 0.140. The van der Waals surface area contributed by atoms with Crippen LogP contribution in [0.3, 0.4) is 0 Å². The zero-order valence-electron chi connectivity index (χ0n) is 17.1. The summed E-state index contributed by atoms with van der Waals surface area (Å²) in [6, 6.07) is 27.6. The van der Waals surface area contributed by atoms with Crippen LogP contribution in [0.1, 0.15) is 18.1 Å². The van der Waals surface area contributed by atoms with E-state index in [9.17, 15) is 0 Å². The molecule has 2 aliphatic heterocycles. The summed E-state index contributed by atoms with van der Waals surface area (Å²) in [5.74, 6) is 1.77. The number of nitrogens with zero attached hydrogens (tertiary/aromatic N) is 2. The summed E-state index contributed by atoms with van der Waals surface area (Å²) < 4.78 is 8.52. The van der Waals surface area contributed by atoms with Gasteiger partial charge >= 0.3 is 0 Å². The molecule has 3 heteroatoms. The summed E-state index contributed by atoms with van der Waals surface area (Å²) in [6.45, 7) is 2.34. The second kappa shape index (κ2) is 6.63. The molecular formula is C26H25N2O+. The number of rotatable bonds is 3. The number of anilines is 1. The Morgan fingerprint density at radius 2 is 1.62 bits per heavy atom. The molecule has 0 spiro atoms. The van der Waals surface area contributed by atoms with Gasteiger partial charge in [0.05, 0.1) is 17.2 Å². The van der Waals surface area contributed by atoms with E-state index in [1.54, 1.807) is 0 Å². The molecule has 0 radical (unpaired) electrons. The van der Waals surface area contributed by atoms with Crippen LogP contribution in [0.5, 0.6) is 5.75 Å². The van der Waals surface area contributed by atoms with Crippen LogP contribution in [0.15, 0.2) is 90.8 Å².